The van der Waals surface area contributed by atoms with Gasteiger partial charge in [0.2, 0.25) is 10.0 Å². The monoisotopic (exact) mass is 387 g/mol. The third kappa shape index (κ3) is 3.46. The third-order valence-electron chi connectivity index (χ3n) is 4.09. The quantitative estimate of drug-likeness (QED) is 0.755. The minimum atomic E-state index is -3.68. The van der Waals surface area contributed by atoms with Crippen molar-refractivity contribution in [1.29, 1.82) is 0 Å². The highest BCUT2D eigenvalue weighted by atomic mass is 32.2. The molecule has 0 aromatic heterocycles. The van der Waals surface area contributed by atoms with Gasteiger partial charge in [0.15, 0.2) is 0 Å². The normalized spacial score (nSPS) is 13.6. The molecule has 3 rings (SSSR count). The van der Waals surface area contributed by atoms with Crippen LogP contribution in [0.3, 0.4) is 0 Å². The minimum absolute atomic E-state index is 0.0200. The summed E-state index contributed by atoms with van der Waals surface area (Å²) in [6, 6.07) is 10.0. The van der Waals surface area contributed by atoms with Gasteiger partial charge in [-0.15, -0.1) is 0 Å². The number of sulfonamides is 1. The maximum atomic E-state index is 12.5. The maximum absolute atomic E-state index is 12.5. The summed E-state index contributed by atoms with van der Waals surface area (Å²) in [5.41, 5.74) is 0.965. The summed E-state index contributed by atoms with van der Waals surface area (Å²) in [7, 11) is -2.30. The molecular formula is C18H17N3O5S. The lowest BCUT2D eigenvalue weighted by atomic mass is 10.1. The fraction of sp³-hybridized carbons (Fsp3) is 0.167. The van der Waals surface area contributed by atoms with Gasteiger partial charge in [0.05, 0.1) is 16.0 Å². The Balaban J connectivity index is 1.85. The molecule has 2 aromatic rings. The van der Waals surface area contributed by atoms with Crippen molar-refractivity contribution < 1.29 is 22.8 Å². The van der Waals surface area contributed by atoms with E-state index in [9.17, 15) is 22.8 Å². The van der Waals surface area contributed by atoms with Crippen LogP contribution in [-0.4, -0.2) is 44.6 Å². The van der Waals surface area contributed by atoms with E-state index in [0.29, 0.717) is 5.69 Å². The second-order valence-corrected chi connectivity index (χ2v) is 7.68. The SMILES string of the molecule is CCNS(=O)(=O)c1cccc(C(=O)Nc2ccc3c(c2)C(=O)N(C)C3=O)c1. The van der Waals surface area contributed by atoms with E-state index in [2.05, 4.69) is 10.0 Å². The van der Waals surface area contributed by atoms with E-state index < -0.39 is 27.7 Å². The molecule has 27 heavy (non-hydrogen) atoms. The Morgan fingerprint density at radius 2 is 1.74 bits per heavy atom. The average Bonchev–Trinajstić information content (AvgIpc) is 2.86. The van der Waals surface area contributed by atoms with Crippen LogP contribution in [0.4, 0.5) is 5.69 Å². The number of nitrogens with zero attached hydrogens (tertiary/aromatic N) is 1. The zero-order valence-electron chi connectivity index (χ0n) is 14.6. The Bertz CT molecular complexity index is 1060. The van der Waals surface area contributed by atoms with E-state index in [1.54, 1.807) is 6.92 Å². The topological polar surface area (TPSA) is 113 Å². The van der Waals surface area contributed by atoms with Gasteiger partial charge in [0, 0.05) is 24.8 Å². The van der Waals surface area contributed by atoms with Crippen LogP contribution in [0.15, 0.2) is 47.4 Å². The number of benzene rings is 2. The Morgan fingerprint density at radius 3 is 2.44 bits per heavy atom. The smallest absolute Gasteiger partial charge is 0.261 e. The molecule has 0 unspecified atom stereocenters. The first kappa shape index (κ1) is 18.7. The molecule has 0 aliphatic carbocycles. The number of rotatable bonds is 5. The first-order valence-corrected chi connectivity index (χ1v) is 9.60. The van der Waals surface area contributed by atoms with E-state index in [-0.39, 0.29) is 28.1 Å². The predicted molar refractivity (Wildman–Crippen MR) is 98.1 cm³/mol. The number of hydrogen-bond donors (Lipinski definition) is 2. The molecule has 2 aromatic carbocycles. The highest BCUT2D eigenvalue weighted by molar-refractivity contribution is 7.89. The van der Waals surface area contributed by atoms with Gasteiger partial charge in [-0.25, -0.2) is 13.1 Å². The van der Waals surface area contributed by atoms with Crippen LogP contribution in [0.25, 0.3) is 0 Å². The van der Waals surface area contributed by atoms with Crippen molar-refractivity contribution in [2.24, 2.45) is 0 Å². The Morgan fingerprint density at radius 1 is 1.04 bits per heavy atom. The summed E-state index contributed by atoms with van der Waals surface area (Å²) in [5, 5.41) is 2.61. The number of anilines is 1. The summed E-state index contributed by atoms with van der Waals surface area (Å²) >= 11 is 0. The zero-order valence-corrected chi connectivity index (χ0v) is 15.5. The molecule has 1 aliphatic rings. The molecule has 3 amide bonds. The van der Waals surface area contributed by atoms with Gasteiger partial charge in [-0.2, -0.15) is 0 Å². The van der Waals surface area contributed by atoms with E-state index >= 15 is 0 Å². The van der Waals surface area contributed by atoms with Crippen LogP contribution >= 0.6 is 0 Å². The van der Waals surface area contributed by atoms with Gasteiger partial charge in [0.1, 0.15) is 0 Å². The lowest BCUT2D eigenvalue weighted by Gasteiger charge is -2.09. The molecule has 8 nitrogen and oxygen atoms in total. The highest BCUT2D eigenvalue weighted by Crippen LogP contribution is 2.25. The lowest BCUT2D eigenvalue weighted by molar-refractivity contribution is 0.0692. The summed E-state index contributed by atoms with van der Waals surface area (Å²) in [6.07, 6.45) is 0. The fourth-order valence-electron chi connectivity index (χ4n) is 2.72. The second kappa shape index (κ2) is 6.93. The molecule has 2 N–H and O–H groups in total. The average molecular weight is 387 g/mol. The predicted octanol–water partition coefficient (Wildman–Crippen LogP) is 1.46. The number of amides is 3. The molecule has 0 saturated heterocycles. The number of carbonyl (C=O) groups is 3. The standard InChI is InChI=1S/C18H17N3O5S/c1-3-19-27(25,26)13-6-4-5-11(9-13)16(22)20-12-7-8-14-15(10-12)18(24)21(2)17(14)23/h4-10,19H,3H2,1-2H3,(H,20,22). The van der Waals surface area contributed by atoms with Gasteiger partial charge in [-0.1, -0.05) is 13.0 Å². The molecule has 0 atom stereocenters. The molecule has 0 spiro atoms. The summed E-state index contributed by atoms with van der Waals surface area (Å²) in [4.78, 5) is 37.4. The Kier molecular flexibility index (Phi) is 4.81. The molecule has 0 radical (unpaired) electrons. The molecule has 0 fully saturated rings. The summed E-state index contributed by atoms with van der Waals surface area (Å²) in [6.45, 7) is 1.89. The van der Waals surface area contributed by atoms with Crippen molar-refractivity contribution >= 4 is 33.4 Å². The van der Waals surface area contributed by atoms with Crippen molar-refractivity contribution in [1.82, 2.24) is 9.62 Å². The second-order valence-electron chi connectivity index (χ2n) is 5.91. The van der Waals surface area contributed by atoms with Crippen LogP contribution in [-0.2, 0) is 10.0 Å². The van der Waals surface area contributed by atoms with Gasteiger partial charge in [0.25, 0.3) is 17.7 Å². The van der Waals surface area contributed by atoms with Gasteiger partial charge >= 0.3 is 0 Å². The van der Waals surface area contributed by atoms with Crippen molar-refractivity contribution in [2.45, 2.75) is 11.8 Å². The van der Waals surface area contributed by atoms with E-state index in [1.807, 2.05) is 0 Å². The lowest BCUT2D eigenvalue weighted by Crippen LogP contribution is -2.24. The molecule has 0 saturated carbocycles. The minimum Gasteiger partial charge on any atom is -0.322 e. The molecular weight excluding hydrogens is 370 g/mol. The van der Waals surface area contributed by atoms with Crippen molar-refractivity contribution in [3.8, 4) is 0 Å². The van der Waals surface area contributed by atoms with Crippen LogP contribution < -0.4 is 10.0 Å². The van der Waals surface area contributed by atoms with E-state index in [4.69, 9.17) is 0 Å². The summed E-state index contributed by atoms with van der Waals surface area (Å²) < 4.78 is 26.5. The first-order valence-electron chi connectivity index (χ1n) is 8.12. The van der Waals surface area contributed by atoms with Crippen molar-refractivity contribution in [3.63, 3.8) is 0 Å². The number of nitrogens with one attached hydrogen (secondary N) is 2. The largest absolute Gasteiger partial charge is 0.322 e. The van der Waals surface area contributed by atoms with Crippen LogP contribution in [0.5, 0.6) is 0 Å². The van der Waals surface area contributed by atoms with Gasteiger partial charge in [-0.05, 0) is 36.4 Å². The first-order chi connectivity index (χ1) is 12.7. The van der Waals surface area contributed by atoms with Gasteiger partial charge in [-0.3, -0.25) is 19.3 Å². The number of imide groups is 1. The molecule has 9 heteroatoms. The number of hydrogen-bond acceptors (Lipinski definition) is 5. The third-order valence-corrected chi connectivity index (χ3v) is 5.63. The van der Waals surface area contributed by atoms with Crippen molar-refractivity contribution in [3.05, 3.63) is 59.2 Å². The fourth-order valence-corrected chi connectivity index (χ4v) is 3.81. The van der Waals surface area contributed by atoms with Crippen LogP contribution in [0.1, 0.15) is 38.0 Å². The number of fused-ring (bicyclic) bond motifs is 1. The maximum Gasteiger partial charge on any atom is 0.261 e. The Hall–Kier alpha value is -3.04. The van der Waals surface area contributed by atoms with Crippen molar-refractivity contribution in [2.75, 3.05) is 18.9 Å². The molecule has 140 valence electrons. The Labute approximate surface area is 156 Å². The van der Waals surface area contributed by atoms with Crippen LogP contribution in [0, 0.1) is 0 Å². The highest BCUT2D eigenvalue weighted by Gasteiger charge is 2.32. The zero-order chi connectivity index (χ0) is 19.8. The van der Waals surface area contributed by atoms with Crippen LogP contribution in [0.2, 0.25) is 0 Å². The van der Waals surface area contributed by atoms with E-state index in [0.717, 1.165) is 4.90 Å². The van der Waals surface area contributed by atoms with E-state index in [1.165, 1.54) is 49.5 Å². The molecule has 1 aliphatic heterocycles. The summed E-state index contributed by atoms with van der Waals surface area (Å²) in [5.74, 6) is -1.37. The molecule has 0 bridgehead atoms. The van der Waals surface area contributed by atoms with Gasteiger partial charge < -0.3 is 5.32 Å². The number of carbonyl (C=O) groups excluding carboxylic acids is 3. The molecule has 1 heterocycles.